The number of sulfonamides is 1. The van der Waals surface area contributed by atoms with E-state index in [1.807, 2.05) is 6.92 Å². The van der Waals surface area contributed by atoms with E-state index in [1.54, 1.807) is 5.38 Å². The van der Waals surface area contributed by atoms with Crippen LogP contribution in [-0.4, -0.2) is 29.6 Å². The molecular formula is C13H18N4O3S2. The van der Waals surface area contributed by atoms with Crippen molar-refractivity contribution in [1.82, 2.24) is 19.9 Å². The van der Waals surface area contributed by atoms with Crippen LogP contribution in [0.1, 0.15) is 38.0 Å². The molecule has 1 aliphatic rings. The van der Waals surface area contributed by atoms with Crippen molar-refractivity contribution in [2.24, 2.45) is 5.92 Å². The molecule has 2 aromatic rings. The zero-order chi connectivity index (χ0) is 15.6. The standard InChI is InChI=1S/C13H18N4O3S2/c1-2-11-15-16-12(20-11)8-9-3-4-10(7-9)17-22(18,19)13-14-5-6-21-13/h5-6,9-10,17H,2-4,7-8H2,1H3/t9-,10+/m1/s1. The lowest BCUT2D eigenvalue weighted by atomic mass is 10.0. The third-order valence-electron chi connectivity index (χ3n) is 3.78. The number of rotatable bonds is 6. The molecule has 0 aliphatic heterocycles. The molecule has 0 unspecified atom stereocenters. The topological polar surface area (TPSA) is 98.0 Å². The van der Waals surface area contributed by atoms with Crippen molar-refractivity contribution in [3.05, 3.63) is 23.4 Å². The summed E-state index contributed by atoms with van der Waals surface area (Å²) >= 11 is 1.13. The Balaban J connectivity index is 1.56. The number of thiazole rings is 1. The van der Waals surface area contributed by atoms with Crippen LogP contribution in [-0.2, 0) is 22.9 Å². The number of nitrogens with zero attached hydrogens (tertiary/aromatic N) is 3. The first-order valence-electron chi connectivity index (χ1n) is 7.30. The zero-order valence-corrected chi connectivity index (χ0v) is 13.9. The van der Waals surface area contributed by atoms with Gasteiger partial charge in [0.05, 0.1) is 0 Å². The minimum atomic E-state index is -3.49. The highest BCUT2D eigenvalue weighted by molar-refractivity contribution is 7.91. The van der Waals surface area contributed by atoms with Crippen LogP contribution in [0.15, 0.2) is 20.3 Å². The fourth-order valence-corrected chi connectivity index (χ4v) is 4.87. The number of aromatic nitrogens is 3. The predicted octanol–water partition coefficient (Wildman–Crippen LogP) is 1.78. The van der Waals surface area contributed by atoms with E-state index in [0.717, 1.165) is 37.0 Å². The second-order valence-corrected chi connectivity index (χ2v) is 8.22. The average molecular weight is 342 g/mol. The smallest absolute Gasteiger partial charge is 0.268 e. The van der Waals surface area contributed by atoms with Gasteiger partial charge >= 0.3 is 0 Å². The molecule has 1 aliphatic carbocycles. The van der Waals surface area contributed by atoms with Gasteiger partial charge in [-0.1, -0.05) is 6.92 Å². The van der Waals surface area contributed by atoms with Crippen LogP contribution in [0.4, 0.5) is 0 Å². The van der Waals surface area contributed by atoms with Crippen molar-refractivity contribution in [3.63, 3.8) is 0 Å². The van der Waals surface area contributed by atoms with E-state index in [1.165, 1.54) is 6.20 Å². The Morgan fingerprint density at radius 2 is 2.18 bits per heavy atom. The maximum absolute atomic E-state index is 12.2. The summed E-state index contributed by atoms with van der Waals surface area (Å²) in [7, 11) is -3.49. The Labute approximate surface area is 133 Å². The molecule has 120 valence electrons. The van der Waals surface area contributed by atoms with E-state index in [4.69, 9.17) is 4.42 Å². The van der Waals surface area contributed by atoms with Crippen molar-refractivity contribution in [3.8, 4) is 0 Å². The molecule has 1 N–H and O–H groups in total. The summed E-state index contributed by atoms with van der Waals surface area (Å²) in [5, 5.41) is 9.64. The van der Waals surface area contributed by atoms with Gasteiger partial charge in [-0.25, -0.2) is 18.1 Å². The summed E-state index contributed by atoms with van der Waals surface area (Å²) in [6.07, 6.45) is 5.50. The van der Waals surface area contributed by atoms with Gasteiger partial charge in [0.1, 0.15) is 0 Å². The first kappa shape index (κ1) is 15.6. The van der Waals surface area contributed by atoms with Gasteiger partial charge in [-0.05, 0) is 25.2 Å². The molecule has 3 rings (SSSR count). The molecule has 22 heavy (non-hydrogen) atoms. The minimum absolute atomic E-state index is 0.0486. The van der Waals surface area contributed by atoms with Gasteiger partial charge in [0.15, 0.2) is 0 Å². The maximum Gasteiger partial charge on any atom is 0.268 e. The summed E-state index contributed by atoms with van der Waals surface area (Å²) in [6.45, 7) is 1.97. The fraction of sp³-hybridized carbons (Fsp3) is 0.615. The Morgan fingerprint density at radius 1 is 1.36 bits per heavy atom. The third kappa shape index (κ3) is 3.53. The van der Waals surface area contributed by atoms with Crippen LogP contribution in [0.5, 0.6) is 0 Å². The Bertz CT molecular complexity index is 711. The second kappa shape index (κ2) is 6.43. The predicted molar refractivity (Wildman–Crippen MR) is 80.9 cm³/mol. The Kier molecular flexibility index (Phi) is 4.55. The van der Waals surface area contributed by atoms with Crippen molar-refractivity contribution in [2.75, 3.05) is 0 Å². The monoisotopic (exact) mass is 342 g/mol. The van der Waals surface area contributed by atoms with E-state index < -0.39 is 10.0 Å². The number of nitrogens with one attached hydrogen (secondary N) is 1. The summed E-state index contributed by atoms with van der Waals surface area (Å²) in [5.41, 5.74) is 0. The molecule has 7 nitrogen and oxygen atoms in total. The zero-order valence-electron chi connectivity index (χ0n) is 12.2. The Hall–Kier alpha value is -1.32. The molecule has 0 saturated heterocycles. The van der Waals surface area contributed by atoms with Gasteiger partial charge in [-0.15, -0.1) is 21.5 Å². The van der Waals surface area contributed by atoms with Gasteiger partial charge < -0.3 is 4.42 Å². The highest BCUT2D eigenvalue weighted by Gasteiger charge is 2.30. The third-order valence-corrected chi connectivity index (χ3v) is 6.50. The van der Waals surface area contributed by atoms with Crippen molar-refractivity contribution in [1.29, 1.82) is 0 Å². The van der Waals surface area contributed by atoms with Gasteiger partial charge in [0, 0.05) is 30.5 Å². The number of hydrogen-bond acceptors (Lipinski definition) is 7. The first-order valence-corrected chi connectivity index (χ1v) is 9.66. The van der Waals surface area contributed by atoms with Gasteiger partial charge in [0.2, 0.25) is 16.1 Å². The number of hydrogen-bond donors (Lipinski definition) is 1. The average Bonchev–Trinajstić information content (AvgIpc) is 3.19. The maximum atomic E-state index is 12.2. The molecule has 2 atom stereocenters. The van der Waals surface area contributed by atoms with Crippen molar-refractivity contribution in [2.45, 2.75) is 49.4 Å². The molecule has 9 heteroatoms. The van der Waals surface area contributed by atoms with Gasteiger partial charge in [-0.2, -0.15) is 0 Å². The normalized spacial score (nSPS) is 22.2. The molecular weight excluding hydrogens is 324 g/mol. The Morgan fingerprint density at radius 3 is 2.86 bits per heavy atom. The molecule has 0 amide bonds. The molecule has 0 bridgehead atoms. The summed E-state index contributed by atoms with van der Waals surface area (Å²) in [6, 6.07) is -0.0486. The van der Waals surface area contributed by atoms with E-state index in [0.29, 0.717) is 24.1 Å². The van der Waals surface area contributed by atoms with E-state index in [9.17, 15) is 8.42 Å². The van der Waals surface area contributed by atoms with Crippen LogP contribution in [0.25, 0.3) is 0 Å². The van der Waals surface area contributed by atoms with Crippen LogP contribution in [0, 0.1) is 5.92 Å². The van der Waals surface area contributed by atoms with Gasteiger partial charge in [-0.3, -0.25) is 0 Å². The second-order valence-electron chi connectivity index (χ2n) is 5.44. The molecule has 1 fully saturated rings. The molecule has 1 saturated carbocycles. The molecule has 0 spiro atoms. The lowest BCUT2D eigenvalue weighted by Crippen LogP contribution is -2.33. The molecule has 0 aromatic carbocycles. The highest BCUT2D eigenvalue weighted by atomic mass is 32.2. The quantitative estimate of drug-likeness (QED) is 0.859. The number of aryl methyl sites for hydroxylation is 1. The molecule has 2 aromatic heterocycles. The molecule has 2 heterocycles. The van der Waals surface area contributed by atoms with Gasteiger partial charge in [0.25, 0.3) is 10.0 Å². The van der Waals surface area contributed by atoms with Crippen LogP contribution in [0.2, 0.25) is 0 Å². The fourth-order valence-electron chi connectivity index (χ4n) is 2.74. The van der Waals surface area contributed by atoms with E-state index >= 15 is 0 Å². The largest absolute Gasteiger partial charge is 0.425 e. The van der Waals surface area contributed by atoms with E-state index in [2.05, 4.69) is 19.9 Å². The summed E-state index contributed by atoms with van der Waals surface area (Å²) in [5.74, 6) is 1.66. The van der Waals surface area contributed by atoms with Crippen LogP contribution in [0.3, 0.4) is 0 Å². The minimum Gasteiger partial charge on any atom is -0.425 e. The lowest BCUT2D eigenvalue weighted by molar-refractivity contribution is 0.406. The summed E-state index contributed by atoms with van der Waals surface area (Å²) in [4.78, 5) is 3.86. The highest BCUT2D eigenvalue weighted by Crippen LogP contribution is 2.29. The van der Waals surface area contributed by atoms with Crippen LogP contribution >= 0.6 is 11.3 Å². The van der Waals surface area contributed by atoms with Crippen molar-refractivity contribution >= 4 is 21.4 Å². The van der Waals surface area contributed by atoms with Crippen molar-refractivity contribution < 1.29 is 12.8 Å². The van der Waals surface area contributed by atoms with E-state index in [-0.39, 0.29) is 10.4 Å². The first-order chi connectivity index (χ1) is 10.6. The SMILES string of the molecule is CCc1nnc(C[C@@H]2CC[C@H](NS(=O)(=O)c3nccs3)C2)o1. The molecule has 0 radical (unpaired) electrons. The summed E-state index contributed by atoms with van der Waals surface area (Å²) < 4.78 is 32.7. The lowest BCUT2D eigenvalue weighted by Gasteiger charge is -2.11. The van der Waals surface area contributed by atoms with Crippen LogP contribution < -0.4 is 4.72 Å².